The van der Waals surface area contributed by atoms with E-state index in [2.05, 4.69) is 20.2 Å². The van der Waals surface area contributed by atoms with Crippen LogP contribution >= 0.6 is 0 Å². The maximum Gasteiger partial charge on any atom is 0.225 e. The van der Waals surface area contributed by atoms with Crippen molar-refractivity contribution in [2.24, 2.45) is 0 Å². The van der Waals surface area contributed by atoms with Gasteiger partial charge in [-0.1, -0.05) is 6.92 Å². The second-order valence-corrected chi connectivity index (χ2v) is 4.63. The van der Waals surface area contributed by atoms with Crippen LogP contribution in [0.1, 0.15) is 32.6 Å². The van der Waals surface area contributed by atoms with E-state index in [9.17, 15) is 4.79 Å². The predicted molar refractivity (Wildman–Crippen MR) is 70.3 cm³/mol. The molecule has 2 heterocycles. The number of nitrogens with zero attached hydrogens (tertiary/aromatic N) is 3. The van der Waals surface area contributed by atoms with E-state index in [1.165, 1.54) is 0 Å². The smallest absolute Gasteiger partial charge is 0.225 e. The van der Waals surface area contributed by atoms with Crippen LogP contribution in [0, 0.1) is 0 Å². The number of nitrogens with one attached hydrogen (secondary N) is 1. The molecule has 2 rings (SSSR count). The van der Waals surface area contributed by atoms with Crippen molar-refractivity contribution in [1.82, 2.24) is 15.3 Å². The minimum atomic E-state index is 0.173. The first-order valence-corrected chi connectivity index (χ1v) is 6.61. The third-order valence-electron chi connectivity index (χ3n) is 3.17. The molecule has 0 saturated carbocycles. The Morgan fingerprint density at radius 3 is 2.67 bits per heavy atom. The van der Waals surface area contributed by atoms with Gasteiger partial charge in [0.25, 0.3) is 0 Å². The van der Waals surface area contributed by atoms with Gasteiger partial charge in [-0.25, -0.2) is 9.97 Å². The van der Waals surface area contributed by atoms with Crippen molar-refractivity contribution < 1.29 is 4.79 Å². The Hall–Kier alpha value is -1.65. The summed E-state index contributed by atoms with van der Waals surface area (Å²) in [6.07, 6.45) is 6.99. The van der Waals surface area contributed by atoms with Gasteiger partial charge in [-0.3, -0.25) is 4.79 Å². The molecule has 0 unspecified atom stereocenters. The molecule has 0 bridgehead atoms. The summed E-state index contributed by atoms with van der Waals surface area (Å²) in [5, 5.41) is 3.09. The Bertz CT molecular complexity index is 374. The topological polar surface area (TPSA) is 58.1 Å². The second-order valence-electron chi connectivity index (χ2n) is 4.63. The van der Waals surface area contributed by atoms with Crippen LogP contribution in [0.5, 0.6) is 0 Å². The van der Waals surface area contributed by atoms with Crippen LogP contribution in [0.25, 0.3) is 0 Å². The van der Waals surface area contributed by atoms with E-state index in [0.717, 1.165) is 38.3 Å². The highest BCUT2D eigenvalue weighted by molar-refractivity contribution is 5.76. The summed E-state index contributed by atoms with van der Waals surface area (Å²) < 4.78 is 0. The van der Waals surface area contributed by atoms with Gasteiger partial charge in [0.2, 0.25) is 11.9 Å². The van der Waals surface area contributed by atoms with Crippen molar-refractivity contribution in [3.63, 3.8) is 0 Å². The average Bonchev–Trinajstić information content (AvgIpc) is 2.41. The molecule has 1 aliphatic heterocycles. The van der Waals surface area contributed by atoms with Crippen LogP contribution in [0.2, 0.25) is 0 Å². The minimum Gasteiger partial charge on any atom is -0.353 e. The summed E-state index contributed by atoms with van der Waals surface area (Å²) in [6, 6.07) is 2.13. The molecule has 1 saturated heterocycles. The largest absolute Gasteiger partial charge is 0.353 e. The van der Waals surface area contributed by atoms with E-state index in [4.69, 9.17) is 0 Å². The van der Waals surface area contributed by atoms with E-state index < -0.39 is 0 Å². The molecule has 98 valence electrons. The molecule has 0 atom stereocenters. The zero-order valence-electron chi connectivity index (χ0n) is 10.8. The molecule has 1 fully saturated rings. The standard InChI is InChI=1S/C13H20N4O/c1-2-4-12(18)16-11-5-9-17(10-6-11)13-14-7-3-8-15-13/h3,7-8,11H,2,4-6,9-10H2,1H3,(H,16,18). The maximum absolute atomic E-state index is 11.5. The van der Waals surface area contributed by atoms with E-state index in [-0.39, 0.29) is 5.91 Å². The molecule has 5 heteroatoms. The van der Waals surface area contributed by atoms with Gasteiger partial charge >= 0.3 is 0 Å². The van der Waals surface area contributed by atoms with E-state index in [1.54, 1.807) is 12.4 Å². The minimum absolute atomic E-state index is 0.173. The van der Waals surface area contributed by atoms with Crippen molar-refractivity contribution >= 4 is 11.9 Å². The molecule has 1 N–H and O–H groups in total. The zero-order valence-corrected chi connectivity index (χ0v) is 10.8. The highest BCUT2D eigenvalue weighted by Crippen LogP contribution is 2.15. The van der Waals surface area contributed by atoms with Gasteiger partial charge in [-0.15, -0.1) is 0 Å². The summed E-state index contributed by atoms with van der Waals surface area (Å²) >= 11 is 0. The molecule has 1 aromatic rings. The maximum atomic E-state index is 11.5. The van der Waals surface area contributed by atoms with Crippen molar-refractivity contribution in [2.75, 3.05) is 18.0 Å². The molecule has 1 aromatic heterocycles. The Kier molecular flexibility index (Phi) is 4.50. The number of carbonyl (C=O) groups is 1. The van der Waals surface area contributed by atoms with Crippen LogP contribution in [0.3, 0.4) is 0 Å². The van der Waals surface area contributed by atoms with Crippen molar-refractivity contribution in [3.05, 3.63) is 18.5 Å². The van der Waals surface area contributed by atoms with E-state index in [0.29, 0.717) is 12.5 Å². The van der Waals surface area contributed by atoms with Gasteiger partial charge in [-0.2, -0.15) is 0 Å². The lowest BCUT2D eigenvalue weighted by molar-refractivity contribution is -0.121. The molecule has 1 aliphatic rings. The summed E-state index contributed by atoms with van der Waals surface area (Å²) in [5.74, 6) is 0.961. The molecule has 18 heavy (non-hydrogen) atoms. The SMILES string of the molecule is CCCC(=O)NC1CCN(c2ncccn2)CC1. The molecule has 0 aromatic carbocycles. The first-order chi connectivity index (χ1) is 8.79. The molecule has 1 amide bonds. The summed E-state index contributed by atoms with van der Waals surface area (Å²) in [5.41, 5.74) is 0. The number of amides is 1. The number of aromatic nitrogens is 2. The highest BCUT2D eigenvalue weighted by atomic mass is 16.1. The normalized spacial score (nSPS) is 16.6. The van der Waals surface area contributed by atoms with Gasteiger partial charge in [-0.05, 0) is 25.3 Å². The van der Waals surface area contributed by atoms with Gasteiger partial charge in [0.15, 0.2) is 0 Å². The number of piperidine rings is 1. The van der Waals surface area contributed by atoms with Crippen LogP contribution < -0.4 is 10.2 Å². The fraction of sp³-hybridized carbons (Fsp3) is 0.615. The Morgan fingerprint density at radius 1 is 1.39 bits per heavy atom. The Labute approximate surface area is 108 Å². The molecular weight excluding hydrogens is 228 g/mol. The molecule has 0 radical (unpaired) electrons. The van der Waals surface area contributed by atoms with Gasteiger partial charge in [0, 0.05) is 37.9 Å². The van der Waals surface area contributed by atoms with E-state index in [1.807, 2.05) is 13.0 Å². The fourth-order valence-electron chi connectivity index (χ4n) is 2.21. The predicted octanol–water partition coefficient (Wildman–Crippen LogP) is 1.36. The third kappa shape index (κ3) is 3.42. The second kappa shape index (κ2) is 6.33. The van der Waals surface area contributed by atoms with Crippen LogP contribution in [0.15, 0.2) is 18.5 Å². The number of hydrogen-bond donors (Lipinski definition) is 1. The third-order valence-corrected chi connectivity index (χ3v) is 3.17. The van der Waals surface area contributed by atoms with Crippen molar-refractivity contribution in [2.45, 2.75) is 38.6 Å². The van der Waals surface area contributed by atoms with Crippen LogP contribution in [-0.4, -0.2) is 35.0 Å². The molecule has 5 nitrogen and oxygen atoms in total. The number of carbonyl (C=O) groups excluding carboxylic acids is 1. The van der Waals surface area contributed by atoms with Gasteiger partial charge < -0.3 is 10.2 Å². The molecule has 0 spiro atoms. The zero-order chi connectivity index (χ0) is 12.8. The number of hydrogen-bond acceptors (Lipinski definition) is 4. The average molecular weight is 248 g/mol. The first-order valence-electron chi connectivity index (χ1n) is 6.61. The highest BCUT2D eigenvalue weighted by Gasteiger charge is 2.21. The van der Waals surface area contributed by atoms with Crippen LogP contribution in [-0.2, 0) is 4.79 Å². The summed E-state index contributed by atoms with van der Waals surface area (Å²) in [6.45, 7) is 3.83. The summed E-state index contributed by atoms with van der Waals surface area (Å²) in [7, 11) is 0. The summed E-state index contributed by atoms with van der Waals surface area (Å²) in [4.78, 5) is 22.2. The van der Waals surface area contributed by atoms with E-state index >= 15 is 0 Å². The Balaban J connectivity index is 1.80. The number of anilines is 1. The molecule has 0 aliphatic carbocycles. The van der Waals surface area contributed by atoms with Crippen molar-refractivity contribution in [3.8, 4) is 0 Å². The lowest BCUT2D eigenvalue weighted by Crippen LogP contribution is -2.45. The van der Waals surface area contributed by atoms with Gasteiger partial charge in [0.1, 0.15) is 0 Å². The Morgan fingerprint density at radius 2 is 2.06 bits per heavy atom. The lowest BCUT2D eigenvalue weighted by Gasteiger charge is -2.32. The van der Waals surface area contributed by atoms with Crippen molar-refractivity contribution in [1.29, 1.82) is 0 Å². The van der Waals surface area contributed by atoms with Crippen LogP contribution in [0.4, 0.5) is 5.95 Å². The molecular formula is C13H20N4O. The number of rotatable bonds is 4. The van der Waals surface area contributed by atoms with Gasteiger partial charge in [0.05, 0.1) is 0 Å². The monoisotopic (exact) mass is 248 g/mol. The lowest BCUT2D eigenvalue weighted by atomic mass is 10.1. The first kappa shape index (κ1) is 12.8. The quantitative estimate of drug-likeness (QED) is 0.874. The fourth-order valence-corrected chi connectivity index (χ4v) is 2.21.